The second-order valence-corrected chi connectivity index (χ2v) is 5.22. The molecule has 0 fully saturated rings. The van der Waals surface area contributed by atoms with Crippen molar-refractivity contribution in [3.63, 3.8) is 0 Å². The van der Waals surface area contributed by atoms with Crippen LogP contribution in [0.2, 0.25) is 0 Å². The molecule has 3 N–H and O–H groups in total. The SMILES string of the molecule is Cc1cc(C(NN)c2cnn(C)c2)sc1C. The Hall–Kier alpha value is -1.17. The van der Waals surface area contributed by atoms with Crippen molar-refractivity contribution in [3.8, 4) is 0 Å². The van der Waals surface area contributed by atoms with Gasteiger partial charge in [0.05, 0.1) is 12.2 Å². The van der Waals surface area contributed by atoms with Gasteiger partial charge in [-0.2, -0.15) is 5.10 Å². The zero-order chi connectivity index (χ0) is 11.7. The summed E-state index contributed by atoms with van der Waals surface area (Å²) in [6.45, 7) is 4.24. The van der Waals surface area contributed by atoms with Gasteiger partial charge >= 0.3 is 0 Å². The van der Waals surface area contributed by atoms with Gasteiger partial charge in [0.15, 0.2) is 0 Å². The smallest absolute Gasteiger partial charge is 0.0833 e. The van der Waals surface area contributed by atoms with Crippen molar-refractivity contribution < 1.29 is 0 Å². The van der Waals surface area contributed by atoms with Crippen LogP contribution in [0.1, 0.15) is 26.9 Å². The largest absolute Gasteiger partial charge is 0.275 e. The summed E-state index contributed by atoms with van der Waals surface area (Å²) in [6.07, 6.45) is 3.82. The number of hydrogen-bond acceptors (Lipinski definition) is 4. The first-order chi connectivity index (χ1) is 7.61. The summed E-state index contributed by atoms with van der Waals surface area (Å²) in [7, 11) is 1.90. The van der Waals surface area contributed by atoms with Crippen LogP contribution in [0, 0.1) is 13.8 Å². The van der Waals surface area contributed by atoms with Gasteiger partial charge in [-0.25, -0.2) is 5.43 Å². The van der Waals surface area contributed by atoms with Crippen LogP contribution < -0.4 is 11.3 Å². The van der Waals surface area contributed by atoms with Crippen LogP contribution in [0.5, 0.6) is 0 Å². The lowest BCUT2D eigenvalue weighted by Gasteiger charge is -2.11. The van der Waals surface area contributed by atoms with E-state index in [0.717, 1.165) is 5.56 Å². The number of hydrazine groups is 1. The average Bonchev–Trinajstić information content (AvgIpc) is 2.77. The maximum absolute atomic E-state index is 5.63. The fourth-order valence-electron chi connectivity index (χ4n) is 1.68. The molecule has 4 nitrogen and oxygen atoms in total. The Labute approximate surface area is 99.1 Å². The number of hydrogen-bond donors (Lipinski definition) is 2. The number of aryl methyl sites for hydroxylation is 3. The highest BCUT2D eigenvalue weighted by molar-refractivity contribution is 7.12. The minimum atomic E-state index is 0.0334. The molecule has 5 heteroatoms. The van der Waals surface area contributed by atoms with Gasteiger partial charge in [0.25, 0.3) is 0 Å². The quantitative estimate of drug-likeness (QED) is 0.629. The highest BCUT2D eigenvalue weighted by Gasteiger charge is 2.16. The van der Waals surface area contributed by atoms with Gasteiger partial charge in [-0.15, -0.1) is 11.3 Å². The highest BCUT2D eigenvalue weighted by Crippen LogP contribution is 2.29. The minimum absolute atomic E-state index is 0.0334. The molecule has 86 valence electrons. The van der Waals surface area contributed by atoms with Gasteiger partial charge in [-0.1, -0.05) is 0 Å². The molecule has 0 saturated heterocycles. The molecule has 0 saturated carbocycles. The van der Waals surface area contributed by atoms with Gasteiger partial charge in [-0.05, 0) is 25.5 Å². The first kappa shape index (κ1) is 11.3. The summed E-state index contributed by atoms with van der Waals surface area (Å²) in [4.78, 5) is 2.56. The van der Waals surface area contributed by atoms with E-state index in [-0.39, 0.29) is 6.04 Å². The zero-order valence-corrected chi connectivity index (χ0v) is 10.5. The predicted octanol–water partition coefficient (Wildman–Crippen LogP) is 1.65. The summed E-state index contributed by atoms with van der Waals surface area (Å²) in [5, 5.41) is 4.17. The first-order valence-corrected chi connectivity index (χ1v) is 5.95. The molecular weight excluding hydrogens is 220 g/mol. The lowest BCUT2D eigenvalue weighted by Crippen LogP contribution is -2.27. The monoisotopic (exact) mass is 236 g/mol. The molecule has 2 rings (SSSR count). The van der Waals surface area contributed by atoms with Crippen molar-refractivity contribution >= 4 is 11.3 Å². The normalized spacial score (nSPS) is 13.0. The van der Waals surface area contributed by atoms with E-state index < -0.39 is 0 Å². The van der Waals surface area contributed by atoms with E-state index in [1.54, 1.807) is 16.0 Å². The highest BCUT2D eigenvalue weighted by atomic mass is 32.1. The molecule has 16 heavy (non-hydrogen) atoms. The molecule has 0 aromatic carbocycles. The second-order valence-electron chi connectivity index (χ2n) is 3.93. The third-order valence-electron chi connectivity index (χ3n) is 2.69. The molecule has 2 heterocycles. The number of aromatic nitrogens is 2. The van der Waals surface area contributed by atoms with Crippen LogP contribution in [-0.4, -0.2) is 9.78 Å². The molecule has 0 bridgehead atoms. The van der Waals surface area contributed by atoms with Crippen molar-refractivity contribution in [2.24, 2.45) is 12.9 Å². The van der Waals surface area contributed by atoms with Crippen LogP contribution in [0.4, 0.5) is 0 Å². The number of nitrogens with zero attached hydrogens (tertiary/aromatic N) is 2. The molecule has 0 aliphatic carbocycles. The van der Waals surface area contributed by atoms with Crippen LogP contribution in [-0.2, 0) is 7.05 Å². The van der Waals surface area contributed by atoms with Gasteiger partial charge < -0.3 is 0 Å². The Morgan fingerprint density at radius 3 is 2.69 bits per heavy atom. The van der Waals surface area contributed by atoms with Crippen molar-refractivity contribution in [1.29, 1.82) is 0 Å². The molecule has 2 aromatic heterocycles. The van der Waals surface area contributed by atoms with Gasteiger partial charge in [0.1, 0.15) is 0 Å². The fraction of sp³-hybridized carbons (Fsp3) is 0.364. The molecule has 0 aliphatic heterocycles. The van der Waals surface area contributed by atoms with Crippen LogP contribution in [0.15, 0.2) is 18.5 Å². The molecule has 1 atom stereocenters. The molecule has 2 aromatic rings. The molecular formula is C11H16N4S. The van der Waals surface area contributed by atoms with E-state index in [4.69, 9.17) is 5.84 Å². The van der Waals surface area contributed by atoms with Gasteiger partial charge in [0, 0.05) is 28.6 Å². The molecule has 1 unspecified atom stereocenters. The Morgan fingerprint density at radius 2 is 2.25 bits per heavy atom. The molecule has 0 amide bonds. The summed E-state index contributed by atoms with van der Waals surface area (Å²) < 4.78 is 1.78. The summed E-state index contributed by atoms with van der Waals surface area (Å²) >= 11 is 1.77. The lowest BCUT2D eigenvalue weighted by atomic mass is 10.1. The van der Waals surface area contributed by atoms with Crippen LogP contribution in [0.25, 0.3) is 0 Å². The summed E-state index contributed by atoms with van der Waals surface area (Å²) in [6, 6.07) is 2.21. The van der Waals surface area contributed by atoms with E-state index in [1.165, 1.54) is 15.3 Å². The van der Waals surface area contributed by atoms with E-state index in [9.17, 15) is 0 Å². The minimum Gasteiger partial charge on any atom is -0.275 e. The van der Waals surface area contributed by atoms with E-state index in [1.807, 2.05) is 19.4 Å². The van der Waals surface area contributed by atoms with Crippen molar-refractivity contribution in [3.05, 3.63) is 39.3 Å². The second kappa shape index (κ2) is 4.37. The topological polar surface area (TPSA) is 55.9 Å². The molecule has 0 spiro atoms. The number of nitrogens with two attached hydrogens (primary N) is 1. The van der Waals surface area contributed by atoms with Gasteiger partial charge in [0.2, 0.25) is 0 Å². The molecule has 0 radical (unpaired) electrons. The maximum atomic E-state index is 5.63. The Kier molecular flexibility index (Phi) is 3.09. The Balaban J connectivity index is 2.36. The van der Waals surface area contributed by atoms with Crippen molar-refractivity contribution in [2.45, 2.75) is 19.9 Å². The summed E-state index contributed by atoms with van der Waals surface area (Å²) in [5.41, 5.74) is 5.24. The predicted molar refractivity (Wildman–Crippen MR) is 66.2 cm³/mol. The third-order valence-corrected chi connectivity index (χ3v) is 3.91. The third kappa shape index (κ3) is 2.02. The van der Waals surface area contributed by atoms with E-state index >= 15 is 0 Å². The van der Waals surface area contributed by atoms with Crippen molar-refractivity contribution in [2.75, 3.05) is 0 Å². The average molecular weight is 236 g/mol. The Morgan fingerprint density at radius 1 is 1.50 bits per heavy atom. The fourth-order valence-corrected chi connectivity index (χ4v) is 2.81. The standard InChI is InChI=1S/C11H16N4S/c1-7-4-10(16-8(7)2)11(14-12)9-5-13-15(3)6-9/h4-6,11,14H,12H2,1-3H3. The van der Waals surface area contributed by atoms with E-state index in [2.05, 4.69) is 30.4 Å². The number of nitrogens with one attached hydrogen (secondary N) is 1. The first-order valence-electron chi connectivity index (χ1n) is 5.13. The summed E-state index contributed by atoms with van der Waals surface area (Å²) in [5.74, 6) is 5.63. The zero-order valence-electron chi connectivity index (χ0n) is 9.69. The number of thiophene rings is 1. The maximum Gasteiger partial charge on any atom is 0.0833 e. The van der Waals surface area contributed by atoms with Crippen LogP contribution in [0.3, 0.4) is 0 Å². The lowest BCUT2D eigenvalue weighted by molar-refractivity contribution is 0.645. The molecule has 0 aliphatic rings. The van der Waals surface area contributed by atoms with Crippen LogP contribution >= 0.6 is 11.3 Å². The number of rotatable bonds is 3. The van der Waals surface area contributed by atoms with Gasteiger partial charge in [-0.3, -0.25) is 10.5 Å². The van der Waals surface area contributed by atoms with Crippen molar-refractivity contribution in [1.82, 2.24) is 15.2 Å². The Bertz CT molecular complexity index is 466. The van der Waals surface area contributed by atoms with E-state index in [0.29, 0.717) is 0 Å².